The number of hydrogen-bond donors (Lipinski definition) is 1. The van der Waals surface area contributed by atoms with Crippen molar-refractivity contribution in [3.63, 3.8) is 0 Å². The van der Waals surface area contributed by atoms with Gasteiger partial charge in [0.2, 0.25) is 0 Å². The third-order valence-electron chi connectivity index (χ3n) is 4.47. The molecule has 1 unspecified atom stereocenters. The van der Waals surface area contributed by atoms with E-state index in [0.29, 0.717) is 6.04 Å². The minimum atomic E-state index is 0.518. The molecule has 20 heavy (non-hydrogen) atoms. The first-order chi connectivity index (χ1) is 9.79. The van der Waals surface area contributed by atoms with Crippen molar-refractivity contribution in [2.75, 3.05) is 26.2 Å². The fraction of sp³-hybridized carbons (Fsp3) is 0.667. The lowest BCUT2D eigenvalue weighted by molar-refractivity contribution is 0.191. The van der Waals surface area contributed by atoms with Gasteiger partial charge in [0.1, 0.15) is 0 Å². The summed E-state index contributed by atoms with van der Waals surface area (Å²) >= 11 is 0. The Morgan fingerprint density at radius 1 is 1.20 bits per heavy atom. The van der Waals surface area contributed by atoms with E-state index in [4.69, 9.17) is 0 Å². The highest BCUT2D eigenvalue weighted by molar-refractivity contribution is 5.18. The molecule has 0 aromatic heterocycles. The van der Waals surface area contributed by atoms with Gasteiger partial charge in [-0.25, -0.2) is 0 Å². The molecule has 112 valence electrons. The van der Waals surface area contributed by atoms with Gasteiger partial charge in [0.15, 0.2) is 0 Å². The predicted molar refractivity (Wildman–Crippen MR) is 86.9 cm³/mol. The normalized spacial score (nSPS) is 19.1. The van der Waals surface area contributed by atoms with Crippen molar-refractivity contribution in [1.29, 1.82) is 0 Å². The number of likely N-dealkylation sites (tertiary alicyclic amines) is 1. The fourth-order valence-corrected chi connectivity index (χ4v) is 3.04. The van der Waals surface area contributed by atoms with E-state index in [1.165, 1.54) is 50.9 Å². The first-order valence-corrected chi connectivity index (χ1v) is 8.30. The molecule has 1 aliphatic heterocycles. The second kappa shape index (κ2) is 8.43. The summed E-state index contributed by atoms with van der Waals surface area (Å²) in [6.45, 7) is 9.51. The van der Waals surface area contributed by atoms with Gasteiger partial charge in [-0.2, -0.15) is 0 Å². The lowest BCUT2D eigenvalue weighted by Crippen LogP contribution is -2.38. The highest BCUT2D eigenvalue weighted by atomic mass is 15.1. The second-order valence-corrected chi connectivity index (χ2v) is 6.23. The summed E-state index contributed by atoms with van der Waals surface area (Å²) in [5, 5.41) is 3.75. The van der Waals surface area contributed by atoms with Crippen LogP contribution in [0.25, 0.3) is 0 Å². The van der Waals surface area contributed by atoms with Crippen LogP contribution in [0.5, 0.6) is 0 Å². The van der Waals surface area contributed by atoms with E-state index in [2.05, 4.69) is 54.4 Å². The zero-order valence-electron chi connectivity index (χ0n) is 13.1. The van der Waals surface area contributed by atoms with Crippen LogP contribution in [0.3, 0.4) is 0 Å². The third kappa shape index (κ3) is 4.92. The maximum absolute atomic E-state index is 3.75. The van der Waals surface area contributed by atoms with Crippen LogP contribution in [-0.4, -0.2) is 31.1 Å². The molecule has 0 saturated carbocycles. The predicted octanol–water partition coefficient (Wildman–Crippen LogP) is 3.85. The first kappa shape index (κ1) is 15.5. The summed E-state index contributed by atoms with van der Waals surface area (Å²) in [6.07, 6.45) is 5.20. The van der Waals surface area contributed by atoms with Gasteiger partial charge < -0.3 is 10.2 Å². The summed E-state index contributed by atoms with van der Waals surface area (Å²) in [5.41, 5.74) is 1.43. The van der Waals surface area contributed by atoms with E-state index >= 15 is 0 Å². The average Bonchev–Trinajstić information content (AvgIpc) is 2.49. The average molecular weight is 274 g/mol. The first-order valence-electron chi connectivity index (χ1n) is 8.30. The van der Waals surface area contributed by atoms with Crippen molar-refractivity contribution in [2.24, 2.45) is 5.92 Å². The Hall–Kier alpha value is -0.860. The van der Waals surface area contributed by atoms with Gasteiger partial charge in [-0.3, -0.25) is 0 Å². The Morgan fingerprint density at radius 3 is 2.55 bits per heavy atom. The van der Waals surface area contributed by atoms with E-state index in [9.17, 15) is 0 Å². The number of benzene rings is 1. The lowest BCUT2D eigenvalue weighted by Gasteiger charge is -2.30. The lowest BCUT2D eigenvalue weighted by atomic mass is 9.99. The summed E-state index contributed by atoms with van der Waals surface area (Å²) < 4.78 is 0. The van der Waals surface area contributed by atoms with Crippen LogP contribution in [0.2, 0.25) is 0 Å². The van der Waals surface area contributed by atoms with Crippen LogP contribution >= 0.6 is 0 Å². The van der Waals surface area contributed by atoms with Gasteiger partial charge in [0.25, 0.3) is 0 Å². The highest BCUT2D eigenvalue weighted by Gasteiger charge is 2.15. The molecule has 1 atom stereocenters. The number of nitrogens with one attached hydrogen (secondary N) is 1. The van der Waals surface area contributed by atoms with Crippen LogP contribution in [0.1, 0.15) is 51.1 Å². The van der Waals surface area contributed by atoms with Crippen LogP contribution < -0.4 is 5.32 Å². The number of nitrogens with zero attached hydrogens (tertiary/aromatic N) is 1. The molecular weight excluding hydrogens is 244 g/mol. The van der Waals surface area contributed by atoms with Crippen LogP contribution in [-0.2, 0) is 0 Å². The van der Waals surface area contributed by atoms with Crippen molar-refractivity contribution in [2.45, 2.75) is 45.6 Å². The molecule has 1 aromatic carbocycles. The van der Waals surface area contributed by atoms with E-state index in [1.807, 2.05) is 0 Å². The Balaban J connectivity index is 1.75. The number of rotatable bonds is 7. The molecule has 0 bridgehead atoms. The Morgan fingerprint density at radius 2 is 1.90 bits per heavy atom. The van der Waals surface area contributed by atoms with Crippen LogP contribution in [0.4, 0.5) is 0 Å². The molecule has 2 rings (SSSR count). The van der Waals surface area contributed by atoms with Crippen molar-refractivity contribution >= 4 is 0 Å². The van der Waals surface area contributed by atoms with Crippen LogP contribution in [0, 0.1) is 5.92 Å². The van der Waals surface area contributed by atoms with Crippen LogP contribution in [0.15, 0.2) is 30.3 Å². The minimum absolute atomic E-state index is 0.518. The minimum Gasteiger partial charge on any atom is -0.309 e. The van der Waals surface area contributed by atoms with Crippen molar-refractivity contribution in [3.05, 3.63) is 35.9 Å². The van der Waals surface area contributed by atoms with Gasteiger partial charge in [-0.05, 0) is 43.8 Å². The molecule has 1 N–H and O–H groups in total. The second-order valence-electron chi connectivity index (χ2n) is 6.23. The maximum Gasteiger partial charge on any atom is 0.0320 e. The van der Waals surface area contributed by atoms with Gasteiger partial charge >= 0.3 is 0 Å². The maximum atomic E-state index is 3.75. The molecule has 0 spiro atoms. The SMILES string of the molecule is CCCC(NCCN1CCC(C)CC1)c1ccccc1. The van der Waals surface area contributed by atoms with E-state index < -0.39 is 0 Å². The molecular formula is C18H30N2. The van der Waals surface area contributed by atoms with Gasteiger partial charge in [0.05, 0.1) is 0 Å². The van der Waals surface area contributed by atoms with Crippen molar-refractivity contribution in [1.82, 2.24) is 10.2 Å². The summed E-state index contributed by atoms with van der Waals surface area (Å²) in [6, 6.07) is 11.4. The largest absolute Gasteiger partial charge is 0.309 e. The molecule has 1 saturated heterocycles. The molecule has 1 aliphatic rings. The Bertz CT molecular complexity index is 355. The Kier molecular flexibility index (Phi) is 6.55. The van der Waals surface area contributed by atoms with Gasteiger partial charge in [-0.15, -0.1) is 0 Å². The molecule has 1 heterocycles. The highest BCUT2D eigenvalue weighted by Crippen LogP contribution is 2.18. The zero-order valence-corrected chi connectivity index (χ0v) is 13.1. The summed E-state index contributed by atoms with van der Waals surface area (Å²) in [7, 11) is 0. The topological polar surface area (TPSA) is 15.3 Å². The van der Waals surface area contributed by atoms with Crippen molar-refractivity contribution < 1.29 is 0 Å². The van der Waals surface area contributed by atoms with E-state index in [-0.39, 0.29) is 0 Å². The van der Waals surface area contributed by atoms with Gasteiger partial charge in [-0.1, -0.05) is 50.6 Å². The molecule has 0 aliphatic carbocycles. The van der Waals surface area contributed by atoms with E-state index in [1.54, 1.807) is 0 Å². The zero-order chi connectivity index (χ0) is 14.2. The smallest absolute Gasteiger partial charge is 0.0320 e. The molecule has 0 radical (unpaired) electrons. The fourth-order valence-electron chi connectivity index (χ4n) is 3.04. The third-order valence-corrected chi connectivity index (χ3v) is 4.47. The Labute approximate surface area is 124 Å². The van der Waals surface area contributed by atoms with Gasteiger partial charge in [0, 0.05) is 19.1 Å². The summed E-state index contributed by atoms with van der Waals surface area (Å²) in [5.74, 6) is 0.927. The number of piperidine rings is 1. The molecule has 2 heteroatoms. The number of hydrogen-bond acceptors (Lipinski definition) is 2. The monoisotopic (exact) mass is 274 g/mol. The quantitative estimate of drug-likeness (QED) is 0.812. The molecule has 0 amide bonds. The van der Waals surface area contributed by atoms with Crippen molar-refractivity contribution in [3.8, 4) is 0 Å². The molecule has 1 fully saturated rings. The molecule has 1 aromatic rings. The molecule has 2 nitrogen and oxygen atoms in total. The van der Waals surface area contributed by atoms with E-state index in [0.717, 1.165) is 12.5 Å². The summed E-state index contributed by atoms with van der Waals surface area (Å²) in [4.78, 5) is 2.61. The standard InChI is InChI=1S/C18H30N2/c1-3-7-18(17-8-5-4-6-9-17)19-12-15-20-13-10-16(2)11-14-20/h4-6,8-9,16,18-19H,3,7,10-15H2,1-2H3.